The smallest absolute Gasteiger partial charge is 0.228 e. The van der Waals surface area contributed by atoms with E-state index >= 15 is 0 Å². The molecular formula is C6H11N7. The molecule has 2 rings (SSSR count). The van der Waals surface area contributed by atoms with Crippen LogP contribution in [-0.4, -0.2) is 22.4 Å². The van der Waals surface area contributed by atoms with Gasteiger partial charge in [0, 0.05) is 0 Å². The zero-order valence-electron chi connectivity index (χ0n) is 6.94. The van der Waals surface area contributed by atoms with Crippen LogP contribution in [-0.2, 0) is 0 Å². The number of nitrogens with two attached hydrogens (primary N) is 4. The van der Waals surface area contributed by atoms with Gasteiger partial charge in [-0.2, -0.15) is 4.99 Å². The summed E-state index contributed by atoms with van der Waals surface area (Å²) in [5.74, 6) is 6.88. The summed E-state index contributed by atoms with van der Waals surface area (Å²) in [6.07, 6.45) is 1.56. The van der Waals surface area contributed by atoms with Crippen LogP contribution in [0.2, 0.25) is 0 Å². The molecule has 0 saturated heterocycles. The van der Waals surface area contributed by atoms with Crippen LogP contribution in [0.25, 0.3) is 0 Å². The molecule has 70 valence electrons. The minimum Gasteiger partial charge on any atom is -0.398 e. The van der Waals surface area contributed by atoms with E-state index in [1.807, 2.05) is 0 Å². The van der Waals surface area contributed by atoms with Crippen LogP contribution >= 0.6 is 0 Å². The first-order valence-corrected chi connectivity index (χ1v) is 3.71. The second-order valence-corrected chi connectivity index (χ2v) is 2.87. The van der Waals surface area contributed by atoms with E-state index < -0.39 is 0 Å². The Hall–Kier alpha value is -1.89. The van der Waals surface area contributed by atoms with E-state index in [1.54, 1.807) is 11.1 Å². The molecule has 0 radical (unpaired) electrons. The van der Waals surface area contributed by atoms with E-state index in [2.05, 4.69) is 4.99 Å². The lowest BCUT2D eigenvalue weighted by Gasteiger charge is -2.25. The predicted octanol–water partition coefficient (Wildman–Crippen LogP) is -2.31. The molecule has 0 fully saturated rings. The van der Waals surface area contributed by atoms with E-state index in [0.29, 0.717) is 29.8 Å². The van der Waals surface area contributed by atoms with Gasteiger partial charge in [-0.15, -0.1) is 0 Å². The van der Waals surface area contributed by atoms with Crippen molar-refractivity contribution in [1.29, 1.82) is 0 Å². The summed E-state index contributed by atoms with van der Waals surface area (Å²) >= 11 is 0. The topological polar surface area (TPSA) is 123 Å². The highest BCUT2D eigenvalue weighted by molar-refractivity contribution is 5.86. The average Bonchev–Trinajstić information content (AvgIpc) is 2.31. The summed E-state index contributed by atoms with van der Waals surface area (Å²) in [6, 6.07) is 0. The Morgan fingerprint density at radius 2 is 2.00 bits per heavy atom. The Kier molecular flexibility index (Phi) is 1.37. The predicted molar refractivity (Wildman–Crippen MR) is 47.8 cm³/mol. The molecule has 0 bridgehead atoms. The monoisotopic (exact) mass is 181 g/mol. The van der Waals surface area contributed by atoms with Crippen molar-refractivity contribution in [3.05, 3.63) is 23.5 Å². The second kappa shape index (κ2) is 2.30. The molecule has 0 saturated carbocycles. The average molecular weight is 181 g/mol. The van der Waals surface area contributed by atoms with Crippen LogP contribution in [0.4, 0.5) is 0 Å². The molecular weight excluding hydrogens is 170 g/mol. The van der Waals surface area contributed by atoms with E-state index in [9.17, 15) is 0 Å². The van der Waals surface area contributed by atoms with Crippen molar-refractivity contribution in [2.45, 2.75) is 0 Å². The summed E-state index contributed by atoms with van der Waals surface area (Å²) in [5.41, 5.74) is 17.3. The number of hydrogen-bond acceptors (Lipinski definition) is 7. The Bertz CT molecular complexity index is 339. The van der Waals surface area contributed by atoms with Gasteiger partial charge >= 0.3 is 0 Å². The molecule has 0 aromatic carbocycles. The fraction of sp³-hybridized carbons (Fsp3) is 0.167. The molecule has 0 aromatic rings. The van der Waals surface area contributed by atoms with Crippen molar-refractivity contribution >= 4 is 5.96 Å². The van der Waals surface area contributed by atoms with E-state index in [-0.39, 0.29) is 0 Å². The molecule has 2 aliphatic heterocycles. The summed E-state index contributed by atoms with van der Waals surface area (Å²) in [4.78, 5) is 5.69. The van der Waals surface area contributed by atoms with Crippen molar-refractivity contribution in [2.24, 2.45) is 28.0 Å². The van der Waals surface area contributed by atoms with Gasteiger partial charge in [-0.25, -0.2) is 5.84 Å². The number of nitrogens with zero attached hydrogens (tertiary/aromatic N) is 3. The number of rotatable bonds is 0. The van der Waals surface area contributed by atoms with Gasteiger partial charge in [0.15, 0.2) is 0 Å². The zero-order chi connectivity index (χ0) is 9.59. The zero-order valence-corrected chi connectivity index (χ0v) is 6.94. The van der Waals surface area contributed by atoms with Gasteiger partial charge in [-0.05, 0) is 0 Å². The van der Waals surface area contributed by atoms with Crippen LogP contribution in [0, 0.1) is 0 Å². The molecule has 0 aromatic heterocycles. The van der Waals surface area contributed by atoms with Gasteiger partial charge in [-0.1, -0.05) is 0 Å². The maximum absolute atomic E-state index is 5.65. The van der Waals surface area contributed by atoms with Gasteiger partial charge < -0.3 is 17.2 Å². The van der Waals surface area contributed by atoms with E-state index in [1.165, 1.54) is 5.01 Å². The Balaban J connectivity index is 2.40. The lowest BCUT2D eigenvalue weighted by molar-refractivity contribution is 0.489. The van der Waals surface area contributed by atoms with Crippen molar-refractivity contribution in [2.75, 3.05) is 6.54 Å². The van der Waals surface area contributed by atoms with Gasteiger partial charge in [0.1, 0.15) is 11.6 Å². The quantitative estimate of drug-likeness (QED) is 0.311. The Morgan fingerprint density at radius 3 is 2.69 bits per heavy atom. The summed E-state index contributed by atoms with van der Waals surface area (Å²) in [7, 11) is 0. The van der Waals surface area contributed by atoms with Gasteiger partial charge in [0.05, 0.1) is 18.4 Å². The molecule has 7 nitrogen and oxygen atoms in total. The molecule has 2 aliphatic rings. The van der Waals surface area contributed by atoms with Crippen molar-refractivity contribution in [3.63, 3.8) is 0 Å². The van der Waals surface area contributed by atoms with Crippen molar-refractivity contribution in [3.8, 4) is 0 Å². The maximum Gasteiger partial charge on any atom is 0.228 e. The molecule has 0 spiro atoms. The molecule has 0 atom stereocenters. The maximum atomic E-state index is 5.65. The number of fused-ring (bicyclic) bond motifs is 1. The van der Waals surface area contributed by atoms with Gasteiger partial charge in [0.2, 0.25) is 5.96 Å². The third kappa shape index (κ3) is 0.975. The number of guanidine groups is 1. The molecule has 0 amide bonds. The first-order chi connectivity index (χ1) is 6.09. The van der Waals surface area contributed by atoms with E-state index in [0.717, 1.165) is 0 Å². The Labute approximate surface area is 74.9 Å². The highest BCUT2D eigenvalue weighted by Gasteiger charge is 2.29. The fourth-order valence-corrected chi connectivity index (χ4v) is 1.24. The largest absolute Gasteiger partial charge is 0.398 e. The van der Waals surface area contributed by atoms with Crippen LogP contribution in [0.5, 0.6) is 0 Å². The summed E-state index contributed by atoms with van der Waals surface area (Å²) in [5, 5.41) is 1.31. The van der Waals surface area contributed by atoms with Crippen LogP contribution < -0.4 is 23.0 Å². The SMILES string of the molecule is NC1=CN(N)C2=NC(N)=C(N)CN12. The minimum atomic E-state index is 0.296. The van der Waals surface area contributed by atoms with Crippen LogP contribution in [0.3, 0.4) is 0 Å². The highest BCUT2D eigenvalue weighted by atomic mass is 15.6. The first kappa shape index (κ1) is 7.74. The lowest BCUT2D eigenvalue weighted by Crippen LogP contribution is -2.44. The standard InChI is InChI=1S/C6H11N7/c7-3-1-12-4(8)2-13(10)6(12)11-5(3)9/h2H,1,7-10H2. The third-order valence-corrected chi connectivity index (χ3v) is 1.93. The number of hydrogen-bond donors (Lipinski definition) is 4. The van der Waals surface area contributed by atoms with Crippen LogP contribution in [0.15, 0.2) is 28.5 Å². The van der Waals surface area contributed by atoms with E-state index in [4.69, 9.17) is 23.0 Å². The van der Waals surface area contributed by atoms with Crippen molar-refractivity contribution in [1.82, 2.24) is 9.91 Å². The van der Waals surface area contributed by atoms with Crippen molar-refractivity contribution < 1.29 is 0 Å². The number of aliphatic imine (C=N–C) groups is 1. The van der Waals surface area contributed by atoms with Crippen LogP contribution in [0.1, 0.15) is 0 Å². The van der Waals surface area contributed by atoms with Gasteiger partial charge in [-0.3, -0.25) is 9.91 Å². The summed E-state index contributed by atoms with van der Waals surface area (Å²) in [6.45, 7) is 0.431. The lowest BCUT2D eigenvalue weighted by atomic mass is 10.3. The molecule has 13 heavy (non-hydrogen) atoms. The first-order valence-electron chi connectivity index (χ1n) is 3.71. The molecule has 7 heteroatoms. The second-order valence-electron chi connectivity index (χ2n) is 2.87. The normalized spacial score (nSPS) is 21.6. The minimum absolute atomic E-state index is 0.296. The molecule has 0 aliphatic carbocycles. The third-order valence-electron chi connectivity index (χ3n) is 1.93. The highest BCUT2D eigenvalue weighted by Crippen LogP contribution is 2.17. The molecule has 2 heterocycles. The summed E-state index contributed by atoms with van der Waals surface area (Å²) < 4.78 is 0. The molecule has 0 unspecified atom stereocenters. The number of hydrazine groups is 1. The Morgan fingerprint density at radius 1 is 1.31 bits per heavy atom. The molecule has 8 N–H and O–H groups in total. The van der Waals surface area contributed by atoms with Gasteiger partial charge in [0.25, 0.3) is 0 Å². The fourth-order valence-electron chi connectivity index (χ4n) is 1.24.